The van der Waals surface area contributed by atoms with Crippen molar-refractivity contribution in [3.8, 4) is 0 Å². The quantitative estimate of drug-likeness (QED) is 0.792. The Bertz CT molecular complexity index is 674. The normalized spacial score (nSPS) is 17.8. The number of carbonyl (C=O) groups is 1. The van der Waals surface area contributed by atoms with Crippen LogP contribution in [0.4, 0.5) is 5.95 Å². The Morgan fingerprint density at radius 2 is 1.96 bits per heavy atom. The number of nitrogens with zero attached hydrogens (tertiary/aromatic N) is 3. The molecule has 0 radical (unpaired) electrons. The smallest absolute Gasteiger partial charge is 0.329 e. The van der Waals surface area contributed by atoms with Gasteiger partial charge in [0.1, 0.15) is 12.6 Å². The second-order valence-corrected chi connectivity index (χ2v) is 5.70. The van der Waals surface area contributed by atoms with Gasteiger partial charge in [-0.3, -0.25) is 0 Å². The number of esters is 1. The van der Waals surface area contributed by atoms with Crippen LogP contribution in [0.2, 0.25) is 0 Å². The van der Waals surface area contributed by atoms with Crippen molar-refractivity contribution in [1.82, 2.24) is 9.97 Å². The van der Waals surface area contributed by atoms with Gasteiger partial charge in [-0.1, -0.05) is 36.4 Å². The van der Waals surface area contributed by atoms with E-state index in [1.54, 1.807) is 18.5 Å². The zero-order valence-corrected chi connectivity index (χ0v) is 13.5. The molecular weight excluding hydrogens is 302 g/mol. The topological polar surface area (TPSA) is 55.3 Å². The lowest BCUT2D eigenvalue weighted by atomic mass is 10.0. The minimum atomic E-state index is -0.300. The van der Waals surface area contributed by atoms with E-state index in [2.05, 4.69) is 9.97 Å². The van der Waals surface area contributed by atoms with Crippen LogP contribution in [0.25, 0.3) is 6.08 Å². The first kappa shape index (κ1) is 16.2. The first-order chi connectivity index (χ1) is 11.8. The summed E-state index contributed by atoms with van der Waals surface area (Å²) in [6, 6.07) is 11.4. The molecule has 1 saturated heterocycles. The Morgan fingerprint density at radius 3 is 2.75 bits per heavy atom. The molecule has 0 aliphatic carbocycles. The standard InChI is InChI=1S/C19H21N3O2/c23-18(24-15-6-10-16-8-2-1-3-9-16)17-11-4-5-14-22(17)19-20-12-7-13-21-19/h1-3,6-10,12-13,17H,4-5,11,14-15H2/b10-6+/t17-/m0/s1. The number of benzene rings is 1. The fourth-order valence-corrected chi connectivity index (χ4v) is 2.83. The highest BCUT2D eigenvalue weighted by atomic mass is 16.5. The van der Waals surface area contributed by atoms with Gasteiger partial charge in [-0.2, -0.15) is 0 Å². The third-order valence-corrected chi connectivity index (χ3v) is 4.02. The Morgan fingerprint density at radius 1 is 1.17 bits per heavy atom. The van der Waals surface area contributed by atoms with E-state index in [-0.39, 0.29) is 18.6 Å². The van der Waals surface area contributed by atoms with Gasteiger partial charge in [-0.25, -0.2) is 14.8 Å². The molecule has 1 aliphatic rings. The summed E-state index contributed by atoms with van der Waals surface area (Å²) >= 11 is 0. The molecule has 0 unspecified atom stereocenters. The third kappa shape index (κ3) is 4.19. The first-order valence-electron chi connectivity index (χ1n) is 8.26. The van der Waals surface area contributed by atoms with E-state index in [9.17, 15) is 4.79 Å². The van der Waals surface area contributed by atoms with Gasteiger partial charge in [0.05, 0.1) is 0 Å². The predicted octanol–water partition coefficient (Wildman–Crippen LogP) is 3.09. The summed E-state index contributed by atoms with van der Waals surface area (Å²) in [5.74, 6) is 0.388. The van der Waals surface area contributed by atoms with Crippen LogP contribution in [0.1, 0.15) is 24.8 Å². The molecule has 1 fully saturated rings. The van der Waals surface area contributed by atoms with Gasteiger partial charge in [0.25, 0.3) is 0 Å². The van der Waals surface area contributed by atoms with Crippen molar-refractivity contribution in [2.75, 3.05) is 18.1 Å². The van der Waals surface area contributed by atoms with Crippen LogP contribution in [0.5, 0.6) is 0 Å². The molecule has 5 heteroatoms. The number of ether oxygens (including phenoxy) is 1. The Hall–Kier alpha value is -2.69. The van der Waals surface area contributed by atoms with Gasteiger partial charge in [-0.05, 0) is 37.0 Å². The van der Waals surface area contributed by atoms with Gasteiger partial charge in [0.2, 0.25) is 5.95 Å². The average Bonchev–Trinajstić information content (AvgIpc) is 2.66. The Balaban J connectivity index is 1.57. The van der Waals surface area contributed by atoms with E-state index in [1.165, 1.54) is 0 Å². The molecule has 0 spiro atoms. The van der Waals surface area contributed by atoms with Gasteiger partial charge in [-0.15, -0.1) is 0 Å². The monoisotopic (exact) mass is 323 g/mol. The van der Waals surface area contributed by atoms with Crippen LogP contribution in [-0.2, 0) is 9.53 Å². The van der Waals surface area contributed by atoms with Crippen molar-refractivity contribution in [3.63, 3.8) is 0 Å². The molecule has 1 atom stereocenters. The second kappa shape index (κ2) is 8.24. The lowest BCUT2D eigenvalue weighted by molar-refractivity contribution is -0.144. The molecule has 2 heterocycles. The van der Waals surface area contributed by atoms with Crippen LogP contribution in [-0.4, -0.2) is 35.1 Å². The second-order valence-electron chi connectivity index (χ2n) is 5.70. The SMILES string of the molecule is O=C(OC/C=C/c1ccccc1)[C@@H]1CCCCN1c1ncccn1. The largest absolute Gasteiger partial charge is 0.460 e. The van der Waals surface area contributed by atoms with Crippen molar-refractivity contribution >= 4 is 18.0 Å². The van der Waals surface area contributed by atoms with E-state index in [4.69, 9.17) is 4.74 Å². The van der Waals surface area contributed by atoms with Crippen molar-refractivity contribution < 1.29 is 9.53 Å². The van der Waals surface area contributed by atoms with E-state index < -0.39 is 0 Å². The minimum absolute atomic E-state index is 0.208. The summed E-state index contributed by atoms with van der Waals surface area (Å²) in [7, 11) is 0. The van der Waals surface area contributed by atoms with E-state index in [1.807, 2.05) is 47.4 Å². The highest BCUT2D eigenvalue weighted by Crippen LogP contribution is 2.22. The number of hydrogen-bond donors (Lipinski definition) is 0. The van der Waals surface area contributed by atoms with Crippen LogP contribution in [0, 0.1) is 0 Å². The molecule has 3 rings (SSSR count). The maximum Gasteiger partial charge on any atom is 0.329 e. The van der Waals surface area contributed by atoms with Crippen molar-refractivity contribution in [3.05, 3.63) is 60.4 Å². The summed E-state index contributed by atoms with van der Waals surface area (Å²) in [6.07, 6.45) is 10.0. The van der Waals surface area contributed by atoms with E-state index in [0.29, 0.717) is 5.95 Å². The maximum atomic E-state index is 12.4. The lowest BCUT2D eigenvalue weighted by Gasteiger charge is -2.33. The number of anilines is 1. The van der Waals surface area contributed by atoms with Crippen LogP contribution in [0.15, 0.2) is 54.9 Å². The van der Waals surface area contributed by atoms with Crippen LogP contribution >= 0.6 is 0 Å². The molecule has 124 valence electrons. The zero-order valence-electron chi connectivity index (χ0n) is 13.5. The van der Waals surface area contributed by atoms with E-state index >= 15 is 0 Å². The molecule has 2 aromatic rings. The first-order valence-corrected chi connectivity index (χ1v) is 8.26. The summed E-state index contributed by atoms with van der Waals surface area (Å²) in [4.78, 5) is 22.9. The number of piperidine rings is 1. The summed E-state index contributed by atoms with van der Waals surface area (Å²) in [5.41, 5.74) is 1.09. The average molecular weight is 323 g/mol. The highest BCUT2D eigenvalue weighted by Gasteiger charge is 2.31. The minimum Gasteiger partial charge on any atom is -0.460 e. The van der Waals surface area contributed by atoms with Crippen molar-refractivity contribution in [2.24, 2.45) is 0 Å². The molecular formula is C19H21N3O2. The van der Waals surface area contributed by atoms with Crippen molar-refractivity contribution in [1.29, 1.82) is 0 Å². The van der Waals surface area contributed by atoms with E-state index in [0.717, 1.165) is 31.4 Å². The Kier molecular flexibility index (Phi) is 5.56. The lowest BCUT2D eigenvalue weighted by Crippen LogP contribution is -2.46. The molecule has 5 nitrogen and oxygen atoms in total. The molecule has 0 amide bonds. The molecule has 0 saturated carbocycles. The third-order valence-electron chi connectivity index (χ3n) is 4.02. The zero-order chi connectivity index (χ0) is 16.6. The maximum absolute atomic E-state index is 12.4. The molecule has 0 N–H and O–H groups in total. The van der Waals surface area contributed by atoms with Gasteiger partial charge >= 0.3 is 5.97 Å². The summed E-state index contributed by atoms with van der Waals surface area (Å²) in [5, 5.41) is 0. The van der Waals surface area contributed by atoms with Crippen molar-refractivity contribution in [2.45, 2.75) is 25.3 Å². The summed E-state index contributed by atoms with van der Waals surface area (Å²) in [6.45, 7) is 1.05. The molecule has 1 aromatic heterocycles. The fourth-order valence-electron chi connectivity index (χ4n) is 2.83. The molecule has 24 heavy (non-hydrogen) atoms. The number of hydrogen-bond acceptors (Lipinski definition) is 5. The summed E-state index contributed by atoms with van der Waals surface area (Å²) < 4.78 is 5.43. The molecule has 0 bridgehead atoms. The van der Waals surface area contributed by atoms with Gasteiger partial charge < -0.3 is 9.64 Å². The Labute approximate surface area is 142 Å². The molecule has 1 aliphatic heterocycles. The molecule has 1 aromatic carbocycles. The number of carbonyl (C=O) groups excluding carboxylic acids is 1. The highest BCUT2D eigenvalue weighted by molar-refractivity contribution is 5.79. The van der Waals surface area contributed by atoms with Gasteiger partial charge in [0, 0.05) is 18.9 Å². The van der Waals surface area contributed by atoms with Crippen LogP contribution in [0.3, 0.4) is 0 Å². The number of aromatic nitrogens is 2. The predicted molar refractivity (Wildman–Crippen MR) is 93.5 cm³/mol. The fraction of sp³-hybridized carbons (Fsp3) is 0.316. The van der Waals surface area contributed by atoms with Gasteiger partial charge in [0.15, 0.2) is 0 Å². The number of rotatable bonds is 5. The van der Waals surface area contributed by atoms with Crippen LogP contribution < -0.4 is 4.90 Å².